The van der Waals surface area contributed by atoms with Gasteiger partial charge in [0.05, 0.1) is 10.7 Å². The van der Waals surface area contributed by atoms with Gasteiger partial charge in [-0.25, -0.2) is 0 Å². The lowest BCUT2D eigenvalue weighted by atomic mass is 9.97. The molecule has 2 rings (SSSR count). The van der Waals surface area contributed by atoms with Crippen molar-refractivity contribution in [1.82, 2.24) is 0 Å². The molecule has 1 fully saturated rings. The van der Waals surface area contributed by atoms with Crippen LogP contribution in [-0.2, 0) is 0 Å². The van der Waals surface area contributed by atoms with Gasteiger partial charge in [0, 0.05) is 12.0 Å². The Morgan fingerprint density at radius 2 is 2.38 bits per heavy atom. The molecule has 1 atom stereocenters. The van der Waals surface area contributed by atoms with Crippen LogP contribution in [0.2, 0.25) is 0 Å². The first kappa shape index (κ1) is 9.24. The van der Waals surface area contributed by atoms with E-state index in [1.54, 1.807) is 12.3 Å². The molecule has 13 heavy (non-hydrogen) atoms. The van der Waals surface area contributed by atoms with Crippen LogP contribution < -0.4 is 5.73 Å². The van der Waals surface area contributed by atoms with Crippen LogP contribution in [0.25, 0.3) is 0 Å². The molecule has 0 amide bonds. The molecule has 0 bridgehead atoms. The van der Waals surface area contributed by atoms with Gasteiger partial charge in [0.25, 0.3) is 0 Å². The molecular formula is C9H12BrNO2. The average molecular weight is 246 g/mol. The maximum atomic E-state index is 9.98. The minimum atomic E-state index is -0.568. The summed E-state index contributed by atoms with van der Waals surface area (Å²) in [5.41, 5.74) is 5.48. The highest BCUT2D eigenvalue weighted by molar-refractivity contribution is 9.10. The Labute approximate surface area is 85.0 Å². The van der Waals surface area contributed by atoms with E-state index in [1.807, 2.05) is 0 Å². The number of hydrogen-bond acceptors (Lipinski definition) is 3. The zero-order valence-corrected chi connectivity index (χ0v) is 8.75. The SMILES string of the molecule is NCC1(C(O)c2occc2Br)CC1. The first-order valence-electron chi connectivity index (χ1n) is 4.31. The van der Waals surface area contributed by atoms with E-state index in [4.69, 9.17) is 10.2 Å². The summed E-state index contributed by atoms with van der Waals surface area (Å²) in [6, 6.07) is 1.78. The van der Waals surface area contributed by atoms with E-state index in [0.29, 0.717) is 12.3 Å². The molecule has 72 valence electrons. The lowest BCUT2D eigenvalue weighted by Crippen LogP contribution is -2.23. The predicted octanol–water partition coefficient (Wildman–Crippen LogP) is 1.81. The zero-order chi connectivity index (χ0) is 9.47. The van der Waals surface area contributed by atoms with Gasteiger partial charge >= 0.3 is 0 Å². The Kier molecular flexibility index (Phi) is 2.21. The largest absolute Gasteiger partial charge is 0.465 e. The van der Waals surface area contributed by atoms with E-state index in [9.17, 15) is 5.11 Å². The summed E-state index contributed by atoms with van der Waals surface area (Å²) in [7, 11) is 0. The number of aliphatic hydroxyl groups excluding tert-OH is 1. The second-order valence-corrected chi connectivity index (χ2v) is 4.46. The maximum Gasteiger partial charge on any atom is 0.147 e. The van der Waals surface area contributed by atoms with E-state index in [2.05, 4.69) is 15.9 Å². The summed E-state index contributed by atoms with van der Waals surface area (Å²) >= 11 is 3.32. The molecule has 1 aromatic heterocycles. The summed E-state index contributed by atoms with van der Waals surface area (Å²) in [5.74, 6) is 0.600. The highest BCUT2D eigenvalue weighted by Crippen LogP contribution is 2.54. The molecule has 1 aliphatic rings. The predicted molar refractivity (Wildman–Crippen MR) is 52.1 cm³/mol. The molecule has 1 unspecified atom stereocenters. The topological polar surface area (TPSA) is 59.4 Å². The lowest BCUT2D eigenvalue weighted by Gasteiger charge is -2.18. The van der Waals surface area contributed by atoms with Crippen LogP contribution in [0, 0.1) is 5.41 Å². The minimum Gasteiger partial charge on any atom is -0.465 e. The van der Waals surface area contributed by atoms with Crippen molar-refractivity contribution in [2.75, 3.05) is 6.54 Å². The zero-order valence-electron chi connectivity index (χ0n) is 7.16. The molecule has 0 aromatic carbocycles. The van der Waals surface area contributed by atoms with Crippen molar-refractivity contribution in [3.05, 3.63) is 22.6 Å². The average Bonchev–Trinajstić information content (AvgIpc) is 2.83. The van der Waals surface area contributed by atoms with Crippen LogP contribution in [0.4, 0.5) is 0 Å². The minimum absolute atomic E-state index is 0.125. The summed E-state index contributed by atoms with van der Waals surface area (Å²) in [6.45, 7) is 0.515. The lowest BCUT2D eigenvalue weighted by molar-refractivity contribution is 0.0748. The van der Waals surface area contributed by atoms with Crippen molar-refractivity contribution >= 4 is 15.9 Å². The number of nitrogens with two attached hydrogens (primary N) is 1. The Balaban J connectivity index is 2.22. The number of rotatable bonds is 3. The normalized spacial score (nSPS) is 21.5. The van der Waals surface area contributed by atoms with Crippen LogP contribution >= 0.6 is 15.9 Å². The second kappa shape index (κ2) is 3.12. The Morgan fingerprint density at radius 3 is 2.77 bits per heavy atom. The van der Waals surface area contributed by atoms with Gasteiger partial charge in [-0.1, -0.05) is 0 Å². The van der Waals surface area contributed by atoms with Crippen LogP contribution in [0.1, 0.15) is 24.7 Å². The van der Waals surface area contributed by atoms with E-state index in [1.165, 1.54) is 0 Å². The Bertz CT molecular complexity index is 306. The van der Waals surface area contributed by atoms with Crippen molar-refractivity contribution in [3.8, 4) is 0 Å². The highest BCUT2D eigenvalue weighted by atomic mass is 79.9. The smallest absolute Gasteiger partial charge is 0.147 e. The fourth-order valence-corrected chi connectivity index (χ4v) is 1.95. The maximum absolute atomic E-state index is 9.98. The van der Waals surface area contributed by atoms with Gasteiger partial charge in [-0.3, -0.25) is 0 Å². The second-order valence-electron chi connectivity index (χ2n) is 3.60. The van der Waals surface area contributed by atoms with Crippen molar-refractivity contribution in [3.63, 3.8) is 0 Å². The summed E-state index contributed by atoms with van der Waals surface area (Å²) in [6.07, 6.45) is 2.96. The van der Waals surface area contributed by atoms with Crippen molar-refractivity contribution in [2.45, 2.75) is 18.9 Å². The van der Waals surface area contributed by atoms with Gasteiger partial charge in [0.15, 0.2) is 0 Å². The Morgan fingerprint density at radius 1 is 1.69 bits per heavy atom. The van der Waals surface area contributed by atoms with Crippen LogP contribution in [0.3, 0.4) is 0 Å². The molecule has 3 nitrogen and oxygen atoms in total. The fraction of sp³-hybridized carbons (Fsp3) is 0.556. The van der Waals surface area contributed by atoms with Gasteiger partial charge in [-0.2, -0.15) is 0 Å². The third-order valence-corrected chi connectivity index (χ3v) is 3.43. The van der Waals surface area contributed by atoms with E-state index in [0.717, 1.165) is 17.3 Å². The molecule has 1 heterocycles. The quantitative estimate of drug-likeness (QED) is 0.855. The van der Waals surface area contributed by atoms with E-state index in [-0.39, 0.29) is 5.41 Å². The molecule has 0 aliphatic heterocycles. The summed E-state index contributed by atoms with van der Waals surface area (Å²) in [5, 5.41) is 9.98. The van der Waals surface area contributed by atoms with Gasteiger partial charge in [0.2, 0.25) is 0 Å². The third-order valence-electron chi connectivity index (χ3n) is 2.77. The van der Waals surface area contributed by atoms with Crippen molar-refractivity contribution in [1.29, 1.82) is 0 Å². The number of halogens is 1. The van der Waals surface area contributed by atoms with Gasteiger partial charge in [0.1, 0.15) is 11.9 Å². The molecule has 4 heteroatoms. The van der Waals surface area contributed by atoms with Gasteiger partial charge < -0.3 is 15.3 Å². The number of hydrogen-bond donors (Lipinski definition) is 2. The van der Waals surface area contributed by atoms with Crippen molar-refractivity contribution in [2.24, 2.45) is 11.1 Å². The fourth-order valence-electron chi connectivity index (χ4n) is 1.53. The number of furan rings is 1. The Hall–Kier alpha value is -0.320. The molecule has 1 saturated carbocycles. The highest BCUT2D eigenvalue weighted by Gasteiger charge is 2.50. The van der Waals surface area contributed by atoms with E-state index >= 15 is 0 Å². The van der Waals surface area contributed by atoms with Crippen LogP contribution in [-0.4, -0.2) is 11.7 Å². The molecule has 0 radical (unpaired) electrons. The summed E-state index contributed by atoms with van der Waals surface area (Å²) in [4.78, 5) is 0. The van der Waals surface area contributed by atoms with Gasteiger partial charge in [-0.05, 0) is 34.8 Å². The van der Waals surface area contributed by atoms with Gasteiger partial charge in [-0.15, -0.1) is 0 Å². The summed E-state index contributed by atoms with van der Waals surface area (Å²) < 4.78 is 6.02. The molecule has 1 aliphatic carbocycles. The molecule has 0 saturated heterocycles. The standard InChI is InChI=1S/C9H12BrNO2/c10-6-1-4-13-7(6)8(12)9(5-11)2-3-9/h1,4,8,12H,2-3,5,11H2. The number of aliphatic hydroxyl groups is 1. The molecule has 0 spiro atoms. The molecule has 3 N–H and O–H groups in total. The third kappa shape index (κ3) is 1.43. The molecular weight excluding hydrogens is 234 g/mol. The first-order valence-corrected chi connectivity index (χ1v) is 5.10. The van der Waals surface area contributed by atoms with Crippen molar-refractivity contribution < 1.29 is 9.52 Å². The monoisotopic (exact) mass is 245 g/mol. The van der Waals surface area contributed by atoms with E-state index < -0.39 is 6.10 Å². The van der Waals surface area contributed by atoms with Crippen LogP contribution in [0.5, 0.6) is 0 Å². The van der Waals surface area contributed by atoms with Crippen LogP contribution in [0.15, 0.2) is 21.2 Å². The first-order chi connectivity index (χ1) is 6.19. The molecule has 1 aromatic rings.